The maximum Gasteiger partial charge on any atom is 0.145 e. The van der Waals surface area contributed by atoms with Crippen LogP contribution in [0.3, 0.4) is 0 Å². The molecule has 0 aliphatic carbocycles. The van der Waals surface area contributed by atoms with E-state index < -0.39 is 0 Å². The van der Waals surface area contributed by atoms with Gasteiger partial charge in [-0.1, -0.05) is 35.9 Å². The molecule has 0 aliphatic rings. The Bertz CT molecular complexity index is 854. The monoisotopic (exact) mass is 359 g/mol. The van der Waals surface area contributed by atoms with E-state index in [1.54, 1.807) is 18.9 Å². The maximum atomic E-state index is 6.08. The number of ether oxygens (including phenoxy) is 2. The SMILES string of the molecule is COc1cccc2c(C)cc(SCCOc3ccccc3Cl)nc12. The van der Waals surface area contributed by atoms with Crippen molar-refractivity contribution in [3.8, 4) is 11.5 Å². The fourth-order valence-corrected chi connectivity index (χ4v) is 3.44. The predicted octanol–water partition coefficient (Wildman–Crippen LogP) is 5.38. The largest absolute Gasteiger partial charge is 0.494 e. The topological polar surface area (TPSA) is 31.4 Å². The molecule has 0 N–H and O–H groups in total. The van der Waals surface area contributed by atoms with Gasteiger partial charge in [0.05, 0.1) is 23.8 Å². The Labute approximate surface area is 151 Å². The van der Waals surface area contributed by atoms with Crippen LogP contribution in [0, 0.1) is 6.92 Å². The molecule has 1 heterocycles. The molecule has 0 atom stereocenters. The molecule has 124 valence electrons. The summed E-state index contributed by atoms with van der Waals surface area (Å²) in [4.78, 5) is 4.73. The van der Waals surface area contributed by atoms with Crippen LogP contribution in [0.25, 0.3) is 10.9 Å². The quantitative estimate of drug-likeness (QED) is 0.437. The summed E-state index contributed by atoms with van der Waals surface area (Å²) in [6.07, 6.45) is 0. The first-order chi connectivity index (χ1) is 11.7. The number of rotatable bonds is 6. The van der Waals surface area contributed by atoms with Crippen LogP contribution in [0.1, 0.15) is 5.56 Å². The predicted molar refractivity (Wildman–Crippen MR) is 101 cm³/mol. The van der Waals surface area contributed by atoms with E-state index in [1.807, 2.05) is 36.4 Å². The van der Waals surface area contributed by atoms with Crippen LogP contribution in [0.2, 0.25) is 5.02 Å². The molecule has 3 nitrogen and oxygen atoms in total. The second-order valence-corrected chi connectivity index (χ2v) is 6.78. The van der Waals surface area contributed by atoms with Crippen LogP contribution < -0.4 is 9.47 Å². The van der Waals surface area contributed by atoms with Gasteiger partial charge in [0, 0.05) is 11.1 Å². The van der Waals surface area contributed by atoms with Crippen molar-refractivity contribution in [2.75, 3.05) is 19.5 Å². The van der Waals surface area contributed by atoms with Gasteiger partial charge in [0.25, 0.3) is 0 Å². The van der Waals surface area contributed by atoms with E-state index in [0.29, 0.717) is 17.4 Å². The van der Waals surface area contributed by atoms with Crippen LogP contribution in [0.15, 0.2) is 53.6 Å². The summed E-state index contributed by atoms with van der Waals surface area (Å²) in [6, 6.07) is 15.6. The molecule has 0 unspecified atom stereocenters. The van der Waals surface area contributed by atoms with Gasteiger partial charge < -0.3 is 9.47 Å². The summed E-state index contributed by atoms with van der Waals surface area (Å²) in [5.41, 5.74) is 2.09. The lowest BCUT2D eigenvalue weighted by molar-refractivity contribution is 0.344. The normalized spacial score (nSPS) is 10.8. The summed E-state index contributed by atoms with van der Waals surface area (Å²) < 4.78 is 11.1. The maximum absolute atomic E-state index is 6.08. The highest BCUT2D eigenvalue weighted by atomic mass is 35.5. The number of aryl methyl sites for hydroxylation is 1. The molecule has 3 aromatic rings. The van der Waals surface area contributed by atoms with Crippen LogP contribution in [0.4, 0.5) is 0 Å². The molecule has 2 aromatic carbocycles. The van der Waals surface area contributed by atoms with E-state index in [2.05, 4.69) is 19.1 Å². The van der Waals surface area contributed by atoms with Crippen molar-refractivity contribution in [3.63, 3.8) is 0 Å². The Hall–Kier alpha value is -1.91. The number of methoxy groups -OCH3 is 1. The minimum Gasteiger partial charge on any atom is -0.494 e. The first-order valence-corrected chi connectivity index (χ1v) is 9.00. The van der Waals surface area contributed by atoms with Crippen molar-refractivity contribution in [3.05, 3.63) is 59.1 Å². The number of hydrogen-bond acceptors (Lipinski definition) is 4. The molecule has 3 rings (SSSR count). The van der Waals surface area contributed by atoms with Crippen LogP contribution in [-0.4, -0.2) is 24.5 Å². The van der Waals surface area contributed by atoms with Crippen LogP contribution >= 0.6 is 23.4 Å². The number of para-hydroxylation sites is 2. The molecule has 0 radical (unpaired) electrons. The highest BCUT2D eigenvalue weighted by Gasteiger charge is 2.08. The summed E-state index contributed by atoms with van der Waals surface area (Å²) in [5, 5.41) is 2.71. The number of fused-ring (bicyclic) bond motifs is 1. The molecule has 0 aliphatic heterocycles. The number of aromatic nitrogens is 1. The van der Waals surface area contributed by atoms with Crippen molar-refractivity contribution < 1.29 is 9.47 Å². The molecule has 5 heteroatoms. The zero-order valence-corrected chi connectivity index (χ0v) is 15.2. The van der Waals surface area contributed by atoms with Gasteiger partial charge in [0.15, 0.2) is 0 Å². The molecule has 0 spiro atoms. The van der Waals surface area contributed by atoms with Crippen molar-refractivity contribution in [2.24, 2.45) is 0 Å². The van der Waals surface area contributed by atoms with Crippen LogP contribution in [0.5, 0.6) is 11.5 Å². The lowest BCUT2D eigenvalue weighted by Crippen LogP contribution is -2.01. The highest BCUT2D eigenvalue weighted by molar-refractivity contribution is 7.99. The van der Waals surface area contributed by atoms with Gasteiger partial charge in [0.2, 0.25) is 0 Å². The lowest BCUT2D eigenvalue weighted by Gasteiger charge is -2.10. The third kappa shape index (κ3) is 3.77. The van der Waals surface area contributed by atoms with Crippen molar-refractivity contribution in [1.29, 1.82) is 0 Å². The van der Waals surface area contributed by atoms with Gasteiger partial charge in [-0.3, -0.25) is 0 Å². The molecular weight excluding hydrogens is 342 g/mol. The van der Waals surface area contributed by atoms with Crippen molar-refractivity contribution in [1.82, 2.24) is 4.98 Å². The molecule has 1 aromatic heterocycles. The lowest BCUT2D eigenvalue weighted by atomic mass is 10.1. The number of halogens is 1. The number of thioether (sulfide) groups is 1. The molecule has 0 fully saturated rings. The van der Waals surface area contributed by atoms with Gasteiger partial charge in [-0.15, -0.1) is 11.8 Å². The van der Waals surface area contributed by atoms with E-state index in [0.717, 1.165) is 27.4 Å². The average molecular weight is 360 g/mol. The standard InChI is InChI=1S/C19H18ClNO2S/c1-13-12-18(21-19-14(13)6-5-9-17(19)22-2)24-11-10-23-16-8-4-3-7-15(16)20/h3-9,12H,10-11H2,1-2H3. The second kappa shape index (κ2) is 7.77. The van der Waals surface area contributed by atoms with Gasteiger partial charge in [-0.2, -0.15) is 0 Å². The fraction of sp³-hybridized carbons (Fsp3) is 0.211. The number of pyridine rings is 1. The average Bonchev–Trinajstić information content (AvgIpc) is 2.60. The number of benzene rings is 2. The Balaban J connectivity index is 1.68. The second-order valence-electron chi connectivity index (χ2n) is 5.26. The van der Waals surface area contributed by atoms with Crippen molar-refractivity contribution in [2.45, 2.75) is 11.9 Å². The minimum atomic E-state index is 0.569. The molecule has 24 heavy (non-hydrogen) atoms. The molecule has 0 saturated heterocycles. The Morgan fingerprint density at radius 1 is 1.08 bits per heavy atom. The zero-order valence-electron chi connectivity index (χ0n) is 13.6. The van der Waals surface area contributed by atoms with Crippen LogP contribution in [-0.2, 0) is 0 Å². The van der Waals surface area contributed by atoms with E-state index in [4.69, 9.17) is 26.1 Å². The third-order valence-electron chi connectivity index (χ3n) is 3.63. The van der Waals surface area contributed by atoms with Gasteiger partial charge >= 0.3 is 0 Å². The number of nitrogens with zero attached hydrogens (tertiary/aromatic N) is 1. The van der Waals surface area contributed by atoms with Gasteiger partial charge in [-0.05, 0) is 36.8 Å². The van der Waals surface area contributed by atoms with Gasteiger partial charge in [-0.25, -0.2) is 4.98 Å². The van der Waals surface area contributed by atoms with E-state index >= 15 is 0 Å². The highest BCUT2D eigenvalue weighted by Crippen LogP contribution is 2.30. The molecule has 0 amide bonds. The first-order valence-electron chi connectivity index (χ1n) is 7.63. The first kappa shape index (κ1) is 16.9. The summed E-state index contributed by atoms with van der Waals surface area (Å²) in [5.74, 6) is 2.30. The van der Waals surface area contributed by atoms with E-state index in [-0.39, 0.29) is 0 Å². The molecule has 0 saturated carbocycles. The summed E-state index contributed by atoms with van der Waals surface area (Å²) in [7, 11) is 1.67. The summed E-state index contributed by atoms with van der Waals surface area (Å²) in [6.45, 7) is 2.66. The molecule has 0 bridgehead atoms. The Morgan fingerprint density at radius 3 is 2.67 bits per heavy atom. The number of hydrogen-bond donors (Lipinski definition) is 0. The zero-order chi connectivity index (χ0) is 16.9. The fourth-order valence-electron chi connectivity index (χ4n) is 2.46. The van der Waals surface area contributed by atoms with E-state index in [9.17, 15) is 0 Å². The summed E-state index contributed by atoms with van der Waals surface area (Å²) >= 11 is 7.74. The Kier molecular flexibility index (Phi) is 5.48. The third-order valence-corrected chi connectivity index (χ3v) is 4.82. The Morgan fingerprint density at radius 2 is 1.88 bits per heavy atom. The smallest absolute Gasteiger partial charge is 0.145 e. The van der Waals surface area contributed by atoms with Gasteiger partial charge in [0.1, 0.15) is 17.0 Å². The molecular formula is C19H18ClNO2S. The van der Waals surface area contributed by atoms with Crippen molar-refractivity contribution >= 4 is 34.3 Å². The van der Waals surface area contributed by atoms with E-state index in [1.165, 1.54) is 5.56 Å². The minimum absolute atomic E-state index is 0.569.